The number of anilines is 1. The van der Waals surface area contributed by atoms with Gasteiger partial charge in [-0.1, -0.05) is 12.2 Å². The highest BCUT2D eigenvalue weighted by Crippen LogP contribution is 2.31. The minimum absolute atomic E-state index is 0.0613. The summed E-state index contributed by atoms with van der Waals surface area (Å²) in [6, 6.07) is 1.11. The molecule has 0 bridgehead atoms. The smallest absolute Gasteiger partial charge is 0.275 e. The van der Waals surface area contributed by atoms with Crippen molar-refractivity contribution in [3.05, 3.63) is 64.9 Å². The second-order valence-corrected chi connectivity index (χ2v) is 7.53. The van der Waals surface area contributed by atoms with Gasteiger partial charge in [-0.25, -0.2) is 14.4 Å². The molecule has 0 radical (unpaired) electrons. The van der Waals surface area contributed by atoms with Gasteiger partial charge in [-0.2, -0.15) is 5.10 Å². The summed E-state index contributed by atoms with van der Waals surface area (Å²) in [6.45, 7) is 5.41. The van der Waals surface area contributed by atoms with E-state index in [0.29, 0.717) is 28.1 Å². The molecule has 2 N–H and O–H groups in total. The molecule has 29 heavy (non-hydrogen) atoms. The van der Waals surface area contributed by atoms with Gasteiger partial charge < -0.3 is 5.32 Å². The molecule has 1 unspecified atom stereocenters. The standard InChI is InChI=1S/C21H19ClFN5O/c1-10(16-9-13-8-14(22)4-5-17(13)26-21(16)29)25-20-19(23)15(6-7-24-20)18-11(2)27-28-12(18)3/h4-10,14H,1-3H3,(H,24,25)(H,27,28)/t10-,14?/m0/s1. The zero-order chi connectivity index (χ0) is 20.7. The van der Waals surface area contributed by atoms with Gasteiger partial charge in [0.25, 0.3) is 5.91 Å². The number of aromatic amines is 1. The molecule has 148 valence electrons. The van der Waals surface area contributed by atoms with Crippen LogP contribution in [0.3, 0.4) is 0 Å². The van der Waals surface area contributed by atoms with Crippen molar-refractivity contribution < 1.29 is 9.18 Å². The average Bonchev–Trinajstić information content (AvgIpc) is 3.01. The summed E-state index contributed by atoms with van der Waals surface area (Å²) in [5.74, 6) is -0.806. The highest BCUT2D eigenvalue weighted by atomic mass is 35.5. The number of carbonyl (C=O) groups is 1. The lowest BCUT2D eigenvalue weighted by atomic mass is 9.94. The van der Waals surface area contributed by atoms with E-state index >= 15 is 4.39 Å². The fourth-order valence-electron chi connectivity index (χ4n) is 3.50. The number of hydrogen-bond donors (Lipinski definition) is 2. The molecule has 2 aliphatic rings. The number of aliphatic imine (C=N–C) groups is 1. The second kappa shape index (κ2) is 7.40. The Morgan fingerprint density at radius 1 is 1.34 bits per heavy atom. The van der Waals surface area contributed by atoms with Gasteiger partial charge in [0.2, 0.25) is 0 Å². The van der Waals surface area contributed by atoms with Gasteiger partial charge in [0.15, 0.2) is 11.6 Å². The lowest BCUT2D eigenvalue weighted by Crippen LogP contribution is -2.27. The van der Waals surface area contributed by atoms with Gasteiger partial charge in [-0.05, 0) is 44.6 Å². The van der Waals surface area contributed by atoms with E-state index in [1.807, 2.05) is 19.9 Å². The van der Waals surface area contributed by atoms with Crippen LogP contribution >= 0.6 is 11.6 Å². The number of dihydropyridines is 1. The molecule has 1 aliphatic heterocycles. The summed E-state index contributed by atoms with van der Waals surface area (Å²) < 4.78 is 15.2. The summed E-state index contributed by atoms with van der Waals surface area (Å²) in [6.07, 6.45) is 8.59. The van der Waals surface area contributed by atoms with E-state index in [4.69, 9.17) is 11.6 Å². The van der Waals surface area contributed by atoms with Crippen LogP contribution in [0.1, 0.15) is 18.3 Å². The first-order valence-corrected chi connectivity index (χ1v) is 9.61. The molecule has 8 heteroatoms. The van der Waals surface area contributed by atoms with E-state index in [1.165, 1.54) is 6.20 Å². The van der Waals surface area contributed by atoms with Crippen LogP contribution in [0.2, 0.25) is 0 Å². The van der Waals surface area contributed by atoms with Crippen LogP contribution in [-0.2, 0) is 4.79 Å². The minimum Gasteiger partial charge on any atom is -0.361 e. The Hall–Kier alpha value is -3.06. The van der Waals surface area contributed by atoms with E-state index < -0.39 is 11.9 Å². The number of halogens is 2. The maximum absolute atomic E-state index is 15.2. The van der Waals surface area contributed by atoms with Crippen molar-refractivity contribution in [3.8, 4) is 11.1 Å². The number of nitrogens with zero attached hydrogens (tertiary/aromatic N) is 3. The van der Waals surface area contributed by atoms with Crippen molar-refractivity contribution in [2.45, 2.75) is 32.2 Å². The molecule has 0 fully saturated rings. The lowest BCUT2D eigenvalue weighted by molar-refractivity contribution is -0.114. The number of rotatable bonds is 4. The first-order valence-electron chi connectivity index (χ1n) is 9.17. The molecule has 2 aromatic rings. The quantitative estimate of drug-likeness (QED) is 0.744. The normalized spacial score (nSPS) is 19.3. The number of hydrogen-bond acceptors (Lipinski definition) is 4. The Balaban J connectivity index is 1.64. The second-order valence-electron chi connectivity index (χ2n) is 7.02. The predicted molar refractivity (Wildman–Crippen MR) is 112 cm³/mol. The van der Waals surface area contributed by atoms with E-state index in [1.54, 1.807) is 31.2 Å². The number of carbonyl (C=O) groups excluding carboxylic acids is 1. The fourth-order valence-corrected chi connectivity index (χ4v) is 3.71. The molecule has 3 heterocycles. The van der Waals surface area contributed by atoms with Gasteiger partial charge in [0.1, 0.15) is 0 Å². The van der Waals surface area contributed by atoms with Gasteiger partial charge >= 0.3 is 0 Å². The Kier molecular flexibility index (Phi) is 4.92. The maximum Gasteiger partial charge on any atom is 0.275 e. The molecule has 0 saturated heterocycles. The third kappa shape index (κ3) is 3.53. The molecular formula is C21H19ClFN5O. The molecule has 1 aliphatic carbocycles. The number of alkyl halides is 1. The summed E-state index contributed by atoms with van der Waals surface area (Å²) in [7, 11) is 0. The zero-order valence-corrected chi connectivity index (χ0v) is 16.9. The molecule has 6 nitrogen and oxygen atoms in total. The Morgan fingerprint density at radius 3 is 2.86 bits per heavy atom. The van der Waals surface area contributed by atoms with E-state index in [0.717, 1.165) is 11.3 Å². The van der Waals surface area contributed by atoms with Crippen molar-refractivity contribution in [1.82, 2.24) is 15.2 Å². The molecule has 0 saturated carbocycles. The molecule has 2 aromatic heterocycles. The molecule has 0 aromatic carbocycles. The van der Waals surface area contributed by atoms with Gasteiger partial charge in [-0.3, -0.25) is 9.89 Å². The van der Waals surface area contributed by atoms with Crippen LogP contribution in [0, 0.1) is 19.7 Å². The number of allylic oxidation sites excluding steroid dienone is 5. The first kappa shape index (κ1) is 19.3. The van der Waals surface area contributed by atoms with Crippen LogP contribution in [0.15, 0.2) is 52.7 Å². The highest BCUT2D eigenvalue weighted by molar-refractivity contribution is 6.27. The number of fused-ring (bicyclic) bond motifs is 1. The summed E-state index contributed by atoms with van der Waals surface area (Å²) in [5, 5.41) is 9.74. The molecule has 2 atom stereocenters. The molecule has 0 spiro atoms. The third-order valence-corrected chi connectivity index (χ3v) is 5.23. The largest absolute Gasteiger partial charge is 0.361 e. The van der Waals surface area contributed by atoms with Gasteiger partial charge in [-0.15, -0.1) is 11.6 Å². The molecule has 4 rings (SSSR count). The van der Waals surface area contributed by atoms with Crippen LogP contribution in [0.4, 0.5) is 10.2 Å². The average molecular weight is 412 g/mol. The van der Waals surface area contributed by atoms with Crippen LogP contribution in [0.25, 0.3) is 11.1 Å². The number of H-pyrrole nitrogens is 1. The number of nitrogens with one attached hydrogen (secondary N) is 2. The Bertz CT molecular complexity index is 1110. The van der Waals surface area contributed by atoms with Crippen LogP contribution in [-0.4, -0.2) is 38.2 Å². The summed E-state index contributed by atoms with van der Waals surface area (Å²) in [4.78, 5) is 20.7. The van der Waals surface area contributed by atoms with Crippen LogP contribution < -0.4 is 5.32 Å². The Morgan fingerprint density at radius 2 is 2.14 bits per heavy atom. The fraction of sp³-hybridized carbons (Fsp3) is 0.238. The maximum atomic E-state index is 15.2. The summed E-state index contributed by atoms with van der Waals surface area (Å²) >= 11 is 6.13. The minimum atomic E-state index is -0.503. The van der Waals surface area contributed by atoms with Crippen molar-refractivity contribution in [2.75, 3.05) is 5.32 Å². The third-order valence-electron chi connectivity index (χ3n) is 4.96. The predicted octanol–water partition coefficient (Wildman–Crippen LogP) is 4.04. The SMILES string of the molecule is Cc1n[nH]c(C)c1-c1ccnc(N[C@@H](C)C2=CC3=CC(Cl)C=CC3=NC2=O)c1F. The number of aromatic nitrogens is 3. The van der Waals surface area contributed by atoms with Crippen molar-refractivity contribution >= 4 is 29.0 Å². The highest BCUT2D eigenvalue weighted by Gasteiger charge is 2.26. The summed E-state index contributed by atoms with van der Waals surface area (Å²) in [5.41, 5.74) is 4.35. The number of amides is 1. The molecular weight excluding hydrogens is 393 g/mol. The van der Waals surface area contributed by atoms with Crippen molar-refractivity contribution in [3.63, 3.8) is 0 Å². The topological polar surface area (TPSA) is 83.0 Å². The lowest BCUT2D eigenvalue weighted by Gasteiger charge is -2.22. The van der Waals surface area contributed by atoms with Crippen molar-refractivity contribution in [2.24, 2.45) is 4.99 Å². The van der Waals surface area contributed by atoms with E-state index in [-0.39, 0.29) is 17.1 Å². The van der Waals surface area contributed by atoms with Crippen molar-refractivity contribution in [1.29, 1.82) is 0 Å². The van der Waals surface area contributed by atoms with Crippen LogP contribution in [0.5, 0.6) is 0 Å². The van der Waals surface area contributed by atoms with Gasteiger partial charge in [0.05, 0.1) is 22.8 Å². The van der Waals surface area contributed by atoms with E-state index in [2.05, 4.69) is 25.5 Å². The van der Waals surface area contributed by atoms with E-state index in [9.17, 15) is 4.79 Å². The number of pyridine rings is 1. The Labute approximate surface area is 172 Å². The first-order chi connectivity index (χ1) is 13.8. The zero-order valence-electron chi connectivity index (χ0n) is 16.1. The van der Waals surface area contributed by atoms with Gasteiger partial charge in [0, 0.05) is 28.6 Å². The monoisotopic (exact) mass is 411 g/mol. The number of aryl methyl sites for hydroxylation is 2. The molecule has 1 amide bonds.